The standard InChI is InChI=1S/C53H90N2O5/c1-3-5-7-9-11-13-15-17-19-20-21-22-24-26-28-30-32-37-41-47-52(57)60-49(43-38-34-31-29-27-25-23-18-16-14-12-10-8-6-4-2)44-39-35-33-36-40-46-51(56)55-50(53(58)59)45-42-48-54/h6,8,11-14,17-19,21-23,27,29,49-50H,3-5,7,9-10,15-16,20,24-26,28,30-48,54H2,1-2H3,(H,55,56)(H,58,59)/b8-6-,13-11-,14-12-,19-17-,22-21-,23-18-,29-27-. The zero-order valence-corrected chi connectivity index (χ0v) is 38.5. The number of carboxylic acid groups (broad SMARTS) is 1. The van der Waals surface area contributed by atoms with Gasteiger partial charge >= 0.3 is 11.9 Å². The molecule has 0 aliphatic heterocycles. The number of nitrogens with one attached hydrogen (secondary N) is 1. The molecule has 0 spiro atoms. The highest BCUT2D eigenvalue weighted by Gasteiger charge is 2.19. The minimum Gasteiger partial charge on any atom is -0.480 e. The number of hydrogen-bond acceptors (Lipinski definition) is 5. The van der Waals surface area contributed by atoms with Crippen LogP contribution in [0.25, 0.3) is 0 Å². The van der Waals surface area contributed by atoms with Gasteiger partial charge in [-0.25, -0.2) is 4.79 Å². The van der Waals surface area contributed by atoms with E-state index in [0.717, 1.165) is 122 Å². The van der Waals surface area contributed by atoms with E-state index in [4.69, 9.17) is 10.5 Å². The molecule has 0 bridgehead atoms. The van der Waals surface area contributed by atoms with Gasteiger partial charge in [0, 0.05) is 12.8 Å². The highest BCUT2D eigenvalue weighted by molar-refractivity contribution is 5.83. The van der Waals surface area contributed by atoms with Crippen LogP contribution < -0.4 is 11.1 Å². The van der Waals surface area contributed by atoms with E-state index in [2.05, 4.69) is 104 Å². The average Bonchev–Trinajstić information content (AvgIpc) is 3.23. The molecule has 0 fully saturated rings. The van der Waals surface area contributed by atoms with Crippen LogP contribution in [0.2, 0.25) is 0 Å². The first-order valence-corrected chi connectivity index (χ1v) is 24.4. The Hall–Kier alpha value is -3.45. The number of esters is 1. The zero-order valence-electron chi connectivity index (χ0n) is 38.5. The lowest BCUT2D eigenvalue weighted by Crippen LogP contribution is -2.40. The third kappa shape index (κ3) is 42.7. The first kappa shape index (κ1) is 56.5. The lowest BCUT2D eigenvalue weighted by molar-refractivity contribution is -0.150. The monoisotopic (exact) mass is 835 g/mol. The highest BCUT2D eigenvalue weighted by atomic mass is 16.5. The van der Waals surface area contributed by atoms with Crippen LogP contribution in [-0.2, 0) is 19.1 Å². The second-order valence-corrected chi connectivity index (χ2v) is 16.1. The number of ether oxygens (including phenoxy) is 1. The molecular weight excluding hydrogens is 745 g/mol. The van der Waals surface area contributed by atoms with Gasteiger partial charge in [0.05, 0.1) is 0 Å². The van der Waals surface area contributed by atoms with Gasteiger partial charge in [0.2, 0.25) is 5.91 Å². The summed E-state index contributed by atoms with van der Waals surface area (Å²) in [5, 5.41) is 12.0. The Labute approximate surface area is 368 Å². The second kappa shape index (κ2) is 46.6. The fourth-order valence-corrected chi connectivity index (χ4v) is 6.80. The van der Waals surface area contributed by atoms with E-state index < -0.39 is 12.0 Å². The van der Waals surface area contributed by atoms with Crippen molar-refractivity contribution in [1.29, 1.82) is 0 Å². The molecule has 0 radical (unpaired) electrons. The maximum absolute atomic E-state index is 12.9. The fourth-order valence-electron chi connectivity index (χ4n) is 6.80. The molecule has 0 saturated carbocycles. The van der Waals surface area contributed by atoms with Crippen molar-refractivity contribution in [3.05, 3.63) is 85.1 Å². The van der Waals surface area contributed by atoms with E-state index in [0.29, 0.717) is 32.2 Å². The molecule has 7 nitrogen and oxygen atoms in total. The van der Waals surface area contributed by atoms with Crippen LogP contribution in [0, 0.1) is 0 Å². The van der Waals surface area contributed by atoms with Crippen LogP contribution in [-0.4, -0.2) is 41.6 Å². The fraction of sp³-hybridized carbons (Fsp3) is 0.679. The lowest BCUT2D eigenvalue weighted by atomic mass is 10.0. The van der Waals surface area contributed by atoms with Gasteiger partial charge in [0.25, 0.3) is 0 Å². The third-order valence-electron chi connectivity index (χ3n) is 10.4. The average molecular weight is 835 g/mol. The number of unbranched alkanes of at least 4 members (excludes halogenated alkanes) is 15. The minimum atomic E-state index is -1.01. The molecule has 60 heavy (non-hydrogen) atoms. The van der Waals surface area contributed by atoms with E-state index in [1.807, 2.05) is 0 Å². The molecule has 1 amide bonds. The number of carbonyl (C=O) groups excluding carboxylic acids is 2. The van der Waals surface area contributed by atoms with Crippen LogP contribution in [0.3, 0.4) is 0 Å². The van der Waals surface area contributed by atoms with E-state index in [9.17, 15) is 19.5 Å². The molecule has 0 aromatic rings. The maximum atomic E-state index is 12.9. The summed E-state index contributed by atoms with van der Waals surface area (Å²) in [6.45, 7) is 4.80. The van der Waals surface area contributed by atoms with E-state index in [1.54, 1.807) is 0 Å². The number of allylic oxidation sites excluding steroid dienone is 14. The Bertz CT molecular complexity index is 1210. The number of nitrogens with two attached hydrogens (primary N) is 1. The molecule has 0 heterocycles. The maximum Gasteiger partial charge on any atom is 0.326 e. The number of carboxylic acids is 1. The van der Waals surface area contributed by atoms with Crippen molar-refractivity contribution in [2.75, 3.05) is 6.54 Å². The molecule has 0 aromatic heterocycles. The molecule has 0 aromatic carbocycles. The van der Waals surface area contributed by atoms with Crippen molar-refractivity contribution in [1.82, 2.24) is 5.32 Å². The highest BCUT2D eigenvalue weighted by Crippen LogP contribution is 2.18. The molecule has 2 unspecified atom stereocenters. The summed E-state index contributed by atoms with van der Waals surface area (Å²) in [5.74, 6) is -1.28. The van der Waals surface area contributed by atoms with Gasteiger partial charge in [0.1, 0.15) is 12.1 Å². The summed E-state index contributed by atoms with van der Waals surface area (Å²) in [6, 6.07) is -0.867. The van der Waals surface area contributed by atoms with Gasteiger partial charge in [0.15, 0.2) is 0 Å². The van der Waals surface area contributed by atoms with Gasteiger partial charge < -0.3 is 20.9 Å². The topological polar surface area (TPSA) is 119 Å². The number of hydrogen-bond donors (Lipinski definition) is 3. The lowest BCUT2D eigenvalue weighted by Gasteiger charge is -2.18. The molecule has 0 aliphatic rings. The van der Waals surface area contributed by atoms with Gasteiger partial charge in [-0.05, 0) is 135 Å². The number of rotatable bonds is 43. The van der Waals surface area contributed by atoms with Crippen molar-refractivity contribution >= 4 is 17.8 Å². The van der Waals surface area contributed by atoms with Crippen LogP contribution in [0.5, 0.6) is 0 Å². The summed E-state index contributed by atoms with van der Waals surface area (Å²) in [5.41, 5.74) is 5.50. The zero-order chi connectivity index (χ0) is 43.8. The Morgan fingerprint density at radius 2 is 0.917 bits per heavy atom. The Kier molecular flexibility index (Phi) is 43.9. The summed E-state index contributed by atoms with van der Waals surface area (Å²) < 4.78 is 6.05. The van der Waals surface area contributed by atoms with Gasteiger partial charge in [-0.2, -0.15) is 0 Å². The second-order valence-electron chi connectivity index (χ2n) is 16.1. The predicted molar refractivity (Wildman–Crippen MR) is 257 cm³/mol. The molecular formula is C53H90N2O5. The summed E-state index contributed by atoms with van der Waals surface area (Å²) in [4.78, 5) is 36.5. The molecule has 342 valence electrons. The van der Waals surface area contributed by atoms with E-state index in [1.165, 1.54) is 51.4 Å². The largest absolute Gasteiger partial charge is 0.480 e. The van der Waals surface area contributed by atoms with Crippen LogP contribution in [0.1, 0.15) is 213 Å². The molecule has 7 heteroatoms. The minimum absolute atomic E-state index is 0.0390. The van der Waals surface area contributed by atoms with Crippen molar-refractivity contribution in [2.45, 2.75) is 225 Å². The van der Waals surface area contributed by atoms with Crippen molar-refractivity contribution < 1.29 is 24.2 Å². The summed E-state index contributed by atoms with van der Waals surface area (Å²) in [7, 11) is 0. The van der Waals surface area contributed by atoms with Crippen LogP contribution >= 0.6 is 0 Å². The predicted octanol–water partition coefficient (Wildman–Crippen LogP) is 14.5. The van der Waals surface area contributed by atoms with Crippen LogP contribution in [0.4, 0.5) is 0 Å². The van der Waals surface area contributed by atoms with Crippen molar-refractivity contribution in [2.24, 2.45) is 5.73 Å². The molecule has 0 saturated heterocycles. The first-order valence-electron chi connectivity index (χ1n) is 24.4. The van der Waals surface area contributed by atoms with E-state index >= 15 is 0 Å². The normalized spacial score (nSPS) is 13.4. The Morgan fingerprint density at radius 3 is 1.42 bits per heavy atom. The first-order chi connectivity index (χ1) is 29.4. The summed E-state index contributed by atoms with van der Waals surface area (Å²) >= 11 is 0. The number of amides is 1. The van der Waals surface area contributed by atoms with Crippen molar-refractivity contribution in [3.8, 4) is 0 Å². The molecule has 4 N–H and O–H groups in total. The van der Waals surface area contributed by atoms with E-state index in [-0.39, 0.29) is 18.0 Å². The van der Waals surface area contributed by atoms with Crippen LogP contribution in [0.15, 0.2) is 85.1 Å². The molecule has 2 atom stereocenters. The van der Waals surface area contributed by atoms with Gasteiger partial charge in [-0.1, -0.05) is 157 Å². The Balaban J connectivity index is 4.43. The van der Waals surface area contributed by atoms with Gasteiger partial charge in [-0.3, -0.25) is 9.59 Å². The molecule has 0 rings (SSSR count). The molecule has 0 aliphatic carbocycles. The smallest absolute Gasteiger partial charge is 0.326 e. The number of aliphatic carboxylic acids is 1. The summed E-state index contributed by atoms with van der Waals surface area (Å²) in [6.07, 6.45) is 62.0. The van der Waals surface area contributed by atoms with Gasteiger partial charge in [-0.15, -0.1) is 0 Å². The Morgan fingerprint density at radius 1 is 0.500 bits per heavy atom. The quantitative estimate of drug-likeness (QED) is 0.0320. The number of carbonyl (C=O) groups is 3. The van der Waals surface area contributed by atoms with Crippen molar-refractivity contribution in [3.63, 3.8) is 0 Å². The SMILES string of the molecule is CC/C=C\C/C=C\C/C=C\C/C=C\CCCCC(CCCCCCCC(=O)NC(CCCN)C(=O)O)OC(=O)CCCCCCCC/C=C\C/C=C\C/C=C\CCCCC. The third-order valence-corrected chi connectivity index (χ3v) is 10.4.